The van der Waals surface area contributed by atoms with Crippen molar-refractivity contribution in [1.82, 2.24) is 0 Å². The maximum Gasteiger partial charge on any atom is 0.136 e. The van der Waals surface area contributed by atoms with Gasteiger partial charge in [-0.25, -0.2) is 0 Å². The van der Waals surface area contributed by atoms with E-state index in [4.69, 9.17) is 54.1 Å². The van der Waals surface area contributed by atoms with Crippen LogP contribution in [0, 0.1) is 0 Å². The number of hydrogen-bond donors (Lipinski definition) is 0. The smallest absolute Gasteiger partial charge is 0.136 e. The lowest BCUT2D eigenvalue weighted by molar-refractivity contribution is 0.668. The summed E-state index contributed by atoms with van der Waals surface area (Å²) in [6.45, 7) is 0. The quantitative estimate of drug-likeness (QED) is 0.155. The van der Waals surface area contributed by atoms with E-state index < -0.39 is 484 Å². The highest BCUT2D eigenvalue weighted by Gasteiger charge is 2.23. The fourth-order valence-electron chi connectivity index (χ4n) is 10.5. The molecule has 0 unspecified atom stereocenters. The Bertz CT molecular complexity index is 8730. The SMILES string of the molecule is [2H]c1c([2H])c(-c2c3c([2H])c([2H])c([2H])c([2H])c3c(-c3c([2H])c([2H])c([2H])c4c([2H])c([2H])c([2H])c([2H])c34)c3c([2H])c([2H])c([2H])c([2H])c23)c([2H])c([2H])c1-c1c([2H])c([2H])c2oc3c([2H])c([2H])c([2H])c([2H])c3c2c1[2H].[2H]c1c([2H])c([2H])c(-c2c([2H])c([2H])c(-c3c4c([2H])c([2H])c([2H])c([2H])c4c(-c4c([2H])c([2H])c([2H])c5oc6c([2H])c([2H])c([2H])c([2H])c6c45)c4c([2H])c([2H])c([2H])c([2H])c34)c3c([2H])c([2H])c([2H])c([2H])c23)c([2H])c1[2H]. The lowest BCUT2D eigenvalue weighted by Gasteiger charge is -2.20. The van der Waals surface area contributed by atoms with E-state index in [-0.39, 0.29) is 5.39 Å². The molecule has 0 saturated carbocycles. The van der Waals surface area contributed by atoms with E-state index >= 15 is 0 Å². The summed E-state index contributed by atoms with van der Waals surface area (Å²) in [7, 11) is 0. The van der Waals surface area contributed by atoms with Gasteiger partial charge in [-0.1, -0.05) is 284 Å². The van der Waals surface area contributed by atoms with Gasteiger partial charge in [0.25, 0.3) is 0 Å². The maximum absolute atomic E-state index is 9.70. The molecule has 0 aliphatic carbocycles. The van der Waals surface area contributed by atoms with Gasteiger partial charge in [-0.05, 0) is 162 Å². The van der Waals surface area contributed by atoms with Crippen LogP contribution in [0.1, 0.15) is 71.3 Å². The molecule has 2 heteroatoms. The highest BCUT2D eigenvalue weighted by molar-refractivity contribution is 6.28. The van der Waals surface area contributed by atoms with Gasteiger partial charge in [-0.15, -0.1) is 0 Å². The monoisotopic (exact) mass is 1140 g/mol. The van der Waals surface area contributed by atoms with Crippen LogP contribution in [-0.4, -0.2) is 0 Å². The molecule has 0 radical (unpaired) electrons. The first-order chi connectivity index (χ1) is 64.3. The molecular formula is C84H52O2. The Hall–Kier alpha value is -11.3. The standard InChI is InChI=1S/2C42H26O/c1-2-12-31-28(10-1)11-9-18-33(31)42-36-16-5-3-14-34(36)41(35-15-4-6-17-37(35)42)29-22-20-27(21-23-29)30-24-25-40-38(26-30)32-13-7-8-19-39(32)43-40;1-2-13-27(14-3-1)28-25-26-35(30-16-5-4-15-29(28)30)40-31-17-6-8-19-33(31)41(34-20-9-7-18-32(34)40)37-22-12-24-39-42(37)36-21-10-11-23-38(36)43-39/h2*1-26H/i2*1D,2D,3D,4D,5D,6D,7D,8D,9D,10D,11D,12D,13D,14D,15D,16D,17D,18D,19D,20D,21D,22D,23D,24D,25D,26D. The van der Waals surface area contributed by atoms with E-state index in [1.165, 1.54) is 0 Å². The molecule has 2 aromatic heterocycles. The highest BCUT2D eigenvalue weighted by atomic mass is 16.3. The Morgan fingerprint density at radius 1 is 0.186 bits per heavy atom. The molecule has 0 bridgehead atoms. The summed E-state index contributed by atoms with van der Waals surface area (Å²) in [5, 5.41) is -10.3. The van der Waals surface area contributed by atoms with Crippen LogP contribution in [0.2, 0.25) is 0 Å². The van der Waals surface area contributed by atoms with Crippen LogP contribution in [0.25, 0.3) is 175 Å². The number of fused-ring (bicyclic) bond motifs is 12. The van der Waals surface area contributed by atoms with Crippen molar-refractivity contribution in [2.45, 2.75) is 0 Å². The first-order valence-electron chi connectivity index (χ1n) is 51.3. The maximum atomic E-state index is 9.70. The average molecular weight is 1150 g/mol. The van der Waals surface area contributed by atoms with Gasteiger partial charge < -0.3 is 8.83 Å². The summed E-state index contributed by atoms with van der Waals surface area (Å²) >= 11 is 0. The van der Waals surface area contributed by atoms with Crippen LogP contribution >= 0.6 is 0 Å². The third-order valence-electron chi connectivity index (χ3n) is 14.0. The highest BCUT2D eigenvalue weighted by Crippen LogP contribution is 2.50. The lowest BCUT2D eigenvalue weighted by Crippen LogP contribution is -1.92. The minimum Gasteiger partial charge on any atom is -0.456 e. The normalized spacial score (nSPS) is 20.2. The van der Waals surface area contributed by atoms with E-state index in [1.54, 1.807) is 0 Å². The fourth-order valence-corrected chi connectivity index (χ4v) is 10.5. The van der Waals surface area contributed by atoms with Crippen LogP contribution < -0.4 is 0 Å². The van der Waals surface area contributed by atoms with Crippen LogP contribution in [0.5, 0.6) is 0 Å². The van der Waals surface area contributed by atoms with Crippen molar-refractivity contribution in [2.75, 3.05) is 0 Å². The van der Waals surface area contributed by atoms with Crippen LogP contribution in [0.4, 0.5) is 0 Å². The van der Waals surface area contributed by atoms with Gasteiger partial charge in [0.2, 0.25) is 0 Å². The molecule has 400 valence electrons. The molecule has 86 heavy (non-hydrogen) atoms. The third-order valence-corrected chi connectivity index (χ3v) is 14.0. The molecule has 18 rings (SSSR count). The van der Waals surface area contributed by atoms with Gasteiger partial charge in [0.15, 0.2) is 0 Å². The zero-order chi connectivity index (χ0) is 102. The van der Waals surface area contributed by atoms with Crippen LogP contribution in [-0.2, 0) is 0 Å². The summed E-state index contributed by atoms with van der Waals surface area (Å²) in [5.41, 5.74) is -11.0. The predicted molar refractivity (Wildman–Crippen MR) is 365 cm³/mol. The molecule has 16 aromatic carbocycles. The van der Waals surface area contributed by atoms with Crippen LogP contribution in [0.3, 0.4) is 0 Å². The Morgan fingerprint density at radius 3 is 1.17 bits per heavy atom. The molecule has 0 amide bonds. The van der Waals surface area contributed by atoms with Gasteiger partial charge in [0, 0.05) is 21.5 Å². The predicted octanol–water partition coefficient (Wildman–Crippen LogP) is 24.1. The second-order valence-corrected chi connectivity index (χ2v) is 18.5. The molecule has 0 fully saturated rings. The van der Waals surface area contributed by atoms with Crippen molar-refractivity contribution in [3.8, 4) is 66.8 Å². The van der Waals surface area contributed by atoms with Crippen molar-refractivity contribution in [3.05, 3.63) is 314 Å². The number of benzene rings is 16. The summed E-state index contributed by atoms with van der Waals surface area (Å²) < 4.78 is 476. The van der Waals surface area contributed by atoms with Crippen molar-refractivity contribution < 1.29 is 80.1 Å². The second-order valence-electron chi connectivity index (χ2n) is 18.5. The van der Waals surface area contributed by atoms with E-state index in [1.807, 2.05) is 0 Å². The lowest BCUT2D eigenvalue weighted by atomic mass is 9.83. The third kappa shape index (κ3) is 7.95. The fraction of sp³-hybridized carbons (Fsp3) is 0. The molecule has 0 aliphatic heterocycles. The molecule has 0 spiro atoms. The first kappa shape index (κ1) is 19.9. The Morgan fingerprint density at radius 2 is 0.558 bits per heavy atom. The van der Waals surface area contributed by atoms with Gasteiger partial charge in [0.1, 0.15) is 22.3 Å². The Balaban J connectivity index is 0.000000191. The summed E-state index contributed by atoms with van der Waals surface area (Å²) in [6.07, 6.45) is 0. The molecule has 0 saturated heterocycles. The van der Waals surface area contributed by atoms with Gasteiger partial charge in [-0.2, -0.15) is 0 Å². The number of furan rings is 2. The van der Waals surface area contributed by atoms with Crippen molar-refractivity contribution >= 4 is 109 Å². The zero-order valence-electron chi connectivity index (χ0n) is 94.8. The van der Waals surface area contributed by atoms with Gasteiger partial charge in [0.05, 0.1) is 71.3 Å². The summed E-state index contributed by atoms with van der Waals surface area (Å²) in [5.74, 6) is 0. The Labute approximate surface area is 569 Å². The first-order valence-corrected chi connectivity index (χ1v) is 25.3. The van der Waals surface area contributed by atoms with E-state index in [9.17, 15) is 26.0 Å². The molecule has 18 aromatic rings. The second kappa shape index (κ2) is 20.2. The summed E-state index contributed by atoms with van der Waals surface area (Å²) in [6, 6.07) is -47.8. The molecule has 0 atom stereocenters. The minimum atomic E-state index is -1.07. The number of para-hydroxylation sites is 2. The van der Waals surface area contributed by atoms with E-state index in [2.05, 4.69) is 0 Å². The van der Waals surface area contributed by atoms with E-state index in [0.717, 1.165) is 0 Å². The number of rotatable bonds is 6. The molecular weight excluding hydrogens is 1040 g/mol. The molecule has 2 nitrogen and oxygen atoms in total. The average Bonchev–Trinajstić information content (AvgIpc) is 0.903. The van der Waals surface area contributed by atoms with Gasteiger partial charge in [-0.3, -0.25) is 0 Å². The zero-order valence-corrected chi connectivity index (χ0v) is 42.8. The Kier molecular flexibility index (Phi) is 4.69. The molecule has 2 heterocycles. The van der Waals surface area contributed by atoms with E-state index in [0.29, 0.717) is 0 Å². The van der Waals surface area contributed by atoms with Gasteiger partial charge >= 0.3 is 0 Å². The van der Waals surface area contributed by atoms with Crippen molar-refractivity contribution in [2.24, 2.45) is 0 Å². The topological polar surface area (TPSA) is 26.3 Å². The van der Waals surface area contributed by atoms with Crippen molar-refractivity contribution in [1.29, 1.82) is 0 Å². The summed E-state index contributed by atoms with van der Waals surface area (Å²) in [4.78, 5) is 0. The molecule has 0 aliphatic rings. The molecule has 0 N–H and O–H groups in total. The number of hydrogen-bond acceptors (Lipinski definition) is 2. The largest absolute Gasteiger partial charge is 0.456 e. The minimum absolute atomic E-state index is 0.377. The van der Waals surface area contributed by atoms with Crippen LogP contribution in [0.15, 0.2) is 323 Å². The van der Waals surface area contributed by atoms with Crippen molar-refractivity contribution in [3.63, 3.8) is 0 Å².